The van der Waals surface area contributed by atoms with Gasteiger partial charge in [-0.05, 0) is 6.42 Å². The van der Waals surface area contributed by atoms with Crippen molar-refractivity contribution in [2.75, 3.05) is 5.84 Å². The zero-order chi connectivity index (χ0) is 7.40. The van der Waals surface area contributed by atoms with E-state index < -0.39 is 0 Å². The molecule has 1 heterocycles. The van der Waals surface area contributed by atoms with E-state index in [0.29, 0.717) is 0 Å². The second-order valence-electron chi connectivity index (χ2n) is 2.24. The van der Waals surface area contributed by atoms with Gasteiger partial charge in [0.1, 0.15) is 5.69 Å². The first kappa shape index (κ1) is 6.99. The van der Waals surface area contributed by atoms with Crippen molar-refractivity contribution in [3.05, 3.63) is 24.3 Å². The van der Waals surface area contributed by atoms with E-state index in [4.69, 9.17) is 5.84 Å². The number of nitrogens with zero attached hydrogens (tertiary/aromatic N) is 2. The first-order valence-electron chi connectivity index (χ1n) is 3.44. The molecule has 0 bridgehead atoms. The van der Waals surface area contributed by atoms with Crippen molar-refractivity contribution in [1.82, 2.24) is 4.98 Å². The lowest BCUT2D eigenvalue weighted by Gasteiger charge is -1.91. The molecule has 0 saturated carbocycles. The number of hydrogen-bond acceptors (Lipinski definition) is 2. The molecule has 3 heteroatoms. The van der Waals surface area contributed by atoms with Crippen LogP contribution in [0.25, 0.3) is 0 Å². The van der Waals surface area contributed by atoms with E-state index in [2.05, 4.69) is 11.9 Å². The Kier molecular flexibility index (Phi) is 2.20. The molecule has 0 amide bonds. The van der Waals surface area contributed by atoms with Crippen LogP contribution in [0.2, 0.25) is 0 Å². The average molecular weight is 138 g/mol. The van der Waals surface area contributed by atoms with Gasteiger partial charge < -0.3 is 0 Å². The fourth-order valence-electron chi connectivity index (χ4n) is 0.840. The minimum Gasteiger partial charge on any atom is -0.249 e. The summed E-state index contributed by atoms with van der Waals surface area (Å²) in [6.07, 6.45) is 7.38. The lowest BCUT2D eigenvalue weighted by atomic mass is 10.3. The molecule has 0 fully saturated rings. The Balaban J connectivity index is 2.75. The number of rotatable bonds is 2. The zero-order valence-electron chi connectivity index (χ0n) is 6.12. The van der Waals surface area contributed by atoms with Gasteiger partial charge in [0.25, 0.3) is 0 Å². The Hall–Kier alpha value is -1.12. The predicted molar refractivity (Wildman–Crippen MR) is 38.6 cm³/mol. The number of aromatic nitrogens is 2. The van der Waals surface area contributed by atoms with Gasteiger partial charge in [-0.25, -0.2) is 10.8 Å². The fourth-order valence-corrected chi connectivity index (χ4v) is 0.840. The van der Waals surface area contributed by atoms with Gasteiger partial charge in [-0.1, -0.05) is 18.0 Å². The second kappa shape index (κ2) is 3.15. The molecule has 0 aliphatic rings. The third-order valence-corrected chi connectivity index (χ3v) is 1.28. The molecule has 0 atom stereocenters. The van der Waals surface area contributed by atoms with Gasteiger partial charge in [0, 0.05) is 0 Å². The maximum absolute atomic E-state index is 5.47. The van der Waals surface area contributed by atoms with Crippen molar-refractivity contribution in [3.8, 4) is 0 Å². The van der Waals surface area contributed by atoms with E-state index >= 15 is 0 Å². The highest BCUT2D eigenvalue weighted by Gasteiger charge is 1.97. The number of nitrogen functional groups attached to an aromatic ring is 1. The predicted octanol–water partition coefficient (Wildman–Crippen LogP) is 0.0354. The molecule has 1 aromatic heterocycles. The number of nitrogens with two attached hydrogens (primary N) is 1. The van der Waals surface area contributed by atoms with Crippen LogP contribution in [0.15, 0.2) is 18.6 Å². The summed E-state index contributed by atoms with van der Waals surface area (Å²) < 4.78 is 1.53. The molecular weight excluding hydrogens is 126 g/mol. The van der Waals surface area contributed by atoms with Gasteiger partial charge in [-0.2, -0.15) is 0 Å². The van der Waals surface area contributed by atoms with Crippen molar-refractivity contribution in [2.24, 2.45) is 0 Å². The summed E-state index contributed by atoms with van der Waals surface area (Å²) in [5.41, 5.74) is 1.05. The topological polar surface area (TPSA) is 42.8 Å². The molecule has 0 aromatic carbocycles. The minimum atomic E-state index is 0.998. The minimum absolute atomic E-state index is 0.998. The maximum Gasteiger partial charge on any atom is 0.220 e. The molecule has 1 aromatic rings. The first-order chi connectivity index (χ1) is 4.83. The molecule has 54 valence electrons. The van der Waals surface area contributed by atoms with Crippen molar-refractivity contribution in [3.63, 3.8) is 0 Å². The van der Waals surface area contributed by atoms with Gasteiger partial charge in [0.15, 0.2) is 0 Å². The Labute approximate surface area is 60.5 Å². The maximum atomic E-state index is 5.47. The third-order valence-electron chi connectivity index (χ3n) is 1.28. The summed E-state index contributed by atoms with van der Waals surface area (Å²) in [6.45, 7) is 2.12. The van der Waals surface area contributed by atoms with E-state index in [1.807, 2.05) is 6.20 Å². The lowest BCUT2D eigenvalue weighted by molar-refractivity contribution is -0.639. The van der Waals surface area contributed by atoms with Crippen LogP contribution in [-0.4, -0.2) is 4.98 Å². The molecule has 0 spiro atoms. The van der Waals surface area contributed by atoms with Crippen LogP contribution in [0.3, 0.4) is 0 Å². The van der Waals surface area contributed by atoms with Crippen LogP contribution in [0, 0.1) is 0 Å². The van der Waals surface area contributed by atoms with Crippen molar-refractivity contribution >= 4 is 0 Å². The highest BCUT2D eigenvalue weighted by Crippen LogP contribution is 1.92. The summed E-state index contributed by atoms with van der Waals surface area (Å²) in [7, 11) is 0. The summed E-state index contributed by atoms with van der Waals surface area (Å²) in [5.74, 6) is 5.47. The highest BCUT2D eigenvalue weighted by molar-refractivity contribution is 4.89. The molecule has 2 N–H and O–H groups in total. The standard InChI is InChI=1S/C7H12N3/c1-2-3-7-6-10(8)5-4-9-7/h4-6H,2-3H2,1H3,(H2,8,9)/q+1. The molecular formula is C7H12N3+. The van der Waals surface area contributed by atoms with E-state index in [0.717, 1.165) is 18.5 Å². The molecule has 3 nitrogen and oxygen atoms in total. The summed E-state index contributed by atoms with van der Waals surface area (Å²) >= 11 is 0. The Morgan fingerprint density at radius 1 is 1.70 bits per heavy atom. The second-order valence-corrected chi connectivity index (χ2v) is 2.24. The zero-order valence-corrected chi connectivity index (χ0v) is 6.12. The van der Waals surface area contributed by atoms with Gasteiger partial charge in [-0.3, -0.25) is 0 Å². The Bertz CT molecular complexity index is 210. The van der Waals surface area contributed by atoms with E-state index in [1.54, 1.807) is 12.4 Å². The first-order valence-corrected chi connectivity index (χ1v) is 3.44. The third kappa shape index (κ3) is 1.69. The largest absolute Gasteiger partial charge is 0.249 e. The molecule has 0 saturated heterocycles. The molecule has 10 heavy (non-hydrogen) atoms. The van der Waals surface area contributed by atoms with Crippen molar-refractivity contribution in [1.29, 1.82) is 0 Å². The van der Waals surface area contributed by atoms with E-state index in [1.165, 1.54) is 4.68 Å². The van der Waals surface area contributed by atoms with Crippen LogP contribution in [0.1, 0.15) is 19.0 Å². The van der Waals surface area contributed by atoms with E-state index in [-0.39, 0.29) is 0 Å². The van der Waals surface area contributed by atoms with Crippen LogP contribution >= 0.6 is 0 Å². The molecule has 1 rings (SSSR count). The average Bonchev–Trinajstić information content (AvgIpc) is 1.88. The van der Waals surface area contributed by atoms with Crippen molar-refractivity contribution < 1.29 is 4.68 Å². The van der Waals surface area contributed by atoms with Crippen molar-refractivity contribution in [2.45, 2.75) is 19.8 Å². The Morgan fingerprint density at radius 2 is 2.50 bits per heavy atom. The van der Waals surface area contributed by atoms with E-state index in [9.17, 15) is 0 Å². The molecule has 0 aliphatic heterocycles. The SMILES string of the molecule is CCCc1c[n+](N)ccn1. The quantitative estimate of drug-likeness (QED) is 0.463. The van der Waals surface area contributed by atoms with Crippen LogP contribution in [0.4, 0.5) is 0 Å². The smallest absolute Gasteiger partial charge is 0.220 e. The number of hydrogen-bond donors (Lipinski definition) is 1. The summed E-state index contributed by atoms with van der Waals surface area (Å²) in [5, 5.41) is 0. The van der Waals surface area contributed by atoms with Gasteiger partial charge in [-0.15, -0.1) is 0 Å². The molecule has 0 unspecified atom stereocenters. The normalized spacial score (nSPS) is 9.70. The molecule has 0 aliphatic carbocycles. The van der Waals surface area contributed by atoms with Gasteiger partial charge >= 0.3 is 0 Å². The monoisotopic (exact) mass is 138 g/mol. The fraction of sp³-hybridized carbons (Fsp3) is 0.429. The highest BCUT2D eigenvalue weighted by atomic mass is 15.3. The number of aryl methyl sites for hydroxylation is 1. The van der Waals surface area contributed by atoms with Crippen LogP contribution < -0.4 is 10.5 Å². The Morgan fingerprint density at radius 3 is 3.10 bits per heavy atom. The van der Waals surface area contributed by atoms with Gasteiger partial charge in [0.05, 0.1) is 6.20 Å². The summed E-state index contributed by atoms with van der Waals surface area (Å²) in [6, 6.07) is 0. The van der Waals surface area contributed by atoms with Gasteiger partial charge in [0.2, 0.25) is 12.4 Å². The molecule has 0 radical (unpaired) electrons. The summed E-state index contributed by atoms with van der Waals surface area (Å²) in [4.78, 5) is 4.13. The lowest BCUT2D eigenvalue weighted by Crippen LogP contribution is -2.44. The van der Waals surface area contributed by atoms with Crippen LogP contribution in [0.5, 0.6) is 0 Å². The van der Waals surface area contributed by atoms with Crippen LogP contribution in [-0.2, 0) is 6.42 Å².